The maximum absolute atomic E-state index is 12.4. The Morgan fingerprint density at radius 1 is 1.50 bits per heavy atom. The lowest BCUT2D eigenvalue weighted by Crippen LogP contribution is -2.63. The van der Waals surface area contributed by atoms with Crippen molar-refractivity contribution in [3.63, 3.8) is 0 Å². The van der Waals surface area contributed by atoms with Crippen LogP contribution in [0.1, 0.15) is 38.2 Å². The molecule has 1 saturated heterocycles. The Kier molecular flexibility index (Phi) is 4.28. The number of hydrogen-bond donors (Lipinski definition) is 0. The fraction of sp³-hybridized carbons (Fsp3) is 0.600. The third-order valence-electron chi connectivity index (χ3n) is 3.17. The van der Waals surface area contributed by atoms with E-state index in [9.17, 15) is 4.79 Å². The largest absolute Gasteiger partial charge is 0.489 e. The van der Waals surface area contributed by atoms with Gasteiger partial charge in [-0.05, 0) is 39.8 Å². The van der Waals surface area contributed by atoms with Crippen molar-refractivity contribution in [3.05, 3.63) is 24.0 Å². The summed E-state index contributed by atoms with van der Waals surface area (Å²) in [5.41, 5.74) is 0.151. The zero-order valence-corrected chi connectivity index (χ0v) is 12.5. The van der Waals surface area contributed by atoms with Gasteiger partial charge >= 0.3 is 0 Å². The molecular formula is C15H22N2O3. The van der Waals surface area contributed by atoms with E-state index >= 15 is 0 Å². The van der Waals surface area contributed by atoms with Crippen molar-refractivity contribution in [2.45, 2.75) is 39.4 Å². The lowest BCUT2D eigenvalue weighted by atomic mass is 9.96. The quantitative estimate of drug-likeness (QED) is 0.828. The molecule has 0 N–H and O–H groups in total. The van der Waals surface area contributed by atoms with Crippen LogP contribution in [0.15, 0.2) is 18.3 Å². The molecule has 0 bridgehead atoms. The van der Waals surface area contributed by atoms with Gasteiger partial charge in [0, 0.05) is 12.8 Å². The Balaban J connectivity index is 2.08. The van der Waals surface area contributed by atoms with E-state index in [0.29, 0.717) is 31.1 Å². The van der Waals surface area contributed by atoms with E-state index in [1.807, 2.05) is 27.7 Å². The summed E-state index contributed by atoms with van der Waals surface area (Å²) in [6, 6.07) is 3.55. The lowest BCUT2D eigenvalue weighted by molar-refractivity contribution is -0.113. The summed E-state index contributed by atoms with van der Waals surface area (Å²) in [5, 5.41) is 0. The first-order chi connectivity index (χ1) is 9.45. The van der Waals surface area contributed by atoms with Crippen molar-refractivity contribution in [2.24, 2.45) is 0 Å². The second-order valence-corrected chi connectivity index (χ2v) is 5.56. The molecule has 1 aromatic heterocycles. The number of likely N-dealkylation sites (tertiary alicyclic amines) is 1. The number of rotatable bonds is 5. The summed E-state index contributed by atoms with van der Waals surface area (Å²) in [7, 11) is 0. The van der Waals surface area contributed by atoms with Gasteiger partial charge in [-0.2, -0.15) is 0 Å². The van der Waals surface area contributed by atoms with Crippen LogP contribution in [-0.4, -0.2) is 47.2 Å². The second kappa shape index (κ2) is 5.79. The number of carbonyl (C=O) groups excluding carboxylic acids is 1. The number of aromatic nitrogens is 1. The number of ether oxygens (including phenoxy) is 2. The van der Waals surface area contributed by atoms with E-state index in [-0.39, 0.29) is 17.6 Å². The van der Waals surface area contributed by atoms with Crippen LogP contribution < -0.4 is 4.74 Å². The molecule has 5 nitrogen and oxygen atoms in total. The molecule has 1 aromatic rings. The molecule has 1 aliphatic rings. The monoisotopic (exact) mass is 278 g/mol. The first-order valence-corrected chi connectivity index (χ1v) is 7.00. The third kappa shape index (κ3) is 3.10. The summed E-state index contributed by atoms with van der Waals surface area (Å²) in [4.78, 5) is 18.4. The van der Waals surface area contributed by atoms with Crippen LogP contribution >= 0.6 is 0 Å². The number of pyridine rings is 1. The van der Waals surface area contributed by atoms with Gasteiger partial charge in [0.25, 0.3) is 5.91 Å². The van der Waals surface area contributed by atoms with Crippen molar-refractivity contribution in [1.82, 2.24) is 9.88 Å². The molecule has 0 radical (unpaired) electrons. The molecule has 2 rings (SSSR count). The Morgan fingerprint density at radius 3 is 2.80 bits per heavy atom. The first-order valence-electron chi connectivity index (χ1n) is 7.00. The molecule has 1 aliphatic heterocycles. The van der Waals surface area contributed by atoms with Gasteiger partial charge in [0.1, 0.15) is 5.60 Å². The molecule has 20 heavy (non-hydrogen) atoms. The number of amides is 1. The van der Waals surface area contributed by atoms with Gasteiger partial charge < -0.3 is 14.4 Å². The Bertz CT molecular complexity index is 482. The van der Waals surface area contributed by atoms with Crippen LogP contribution in [-0.2, 0) is 4.74 Å². The molecule has 110 valence electrons. The Hall–Kier alpha value is -1.62. The van der Waals surface area contributed by atoms with Crippen molar-refractivity contribution < 1.29 is 14.3 Å². The van der Waals surface area contributed by atoms with Crippen LogP contribution in [0.2, 0.25) is 0 Å². The molecule has 0 spiro atoms. The minimum absolute atomic E-state index is 0.0100. The van der Waals surface area contributed by atoms with Crippen LogP contribution in [0.25, 0.3) is 0 Å². The second-order valence-electron chi connectivity index (χ2n) is 5.56. The Labute approximate surface area is 119 Å². The van der Waals surface area contributed by atoms with Crippen LogP contribution in [0.5, 0.6) is 5.75 Å². The predicted molar refractivity (Wildman–Crippen MR) is 75.9 cm³/mol. The first kappa shape index (κ1) is 14.8. The summed E-state index contributed by atoms with van der Waals surface area (Å²) >= 11 is 0. The van der Waals surface area contributed by atoms with E-state index in [1.54, 1.807) is 23.2 Å². The summed E-state index contributed by atoms with van der Waals surface area (Å²) in [6.45, 7) is 9.68. The van der Waals surface area contributed by atoms with E-state index in [4.69, 9.17) is 9.47 Å². The maximum Gasteiger partial charge on any atom is 0.276 e. The van der Waals surface area contributed by atoms with Crippen molar-refractivity contribution in [1.29, 1.82) is 0 Å². The highest BCUT2D eigenvalue weighted by Crippen LogP contribution is 2.28. The molecule has 1 amide bonds. The third-order valence-corrected chi connectivity index (χ3v) is 3.17. The van der Waals surface area contributed by atoms with Gasteiger partial charge in [-0.3, -0.25) is 4.79 Å². The molecule has 1 fully saturated rings. The lowest BCUT2D eigenvalue weighted by Gasteiger charge is -2.47. The standard InChI is InChI=1S/C15H22N2O3/c1-5-19-15(4)9-17(10-15)14(18)13-12(20-11(2)3)7-6-8-16-13/h6-8,11H,5,9-10H2,1-4H3. The van der Waals surface area contributed by atoms with E-state index in [0.717, 1.165) is 0 Å². The van der Waals surface area contributed by atoms with Gasteiger partial charge in [-0.15, -0.1) is 0 Å². The maximum atomic E-state index is 12.4. The average molecular weight is 278 g/mol. The van der Waals surface area contributed by atoms with Crippen molar-refractivity contribution in [3.8, 4) is 5.75 Å². The van der Waals surface area contributed by atoms with E-state index in [2.05, 4.69) is 4.98 Å². The summed E-state index contributed by atoms with van der Waals surface area (Å²) in [5.74, 6) is 0.441. The molecular weight excluding hydrogens is 256 g/mol. The van der Waals surface area contributed by atoms with Crippen LogP contribution in [0.4, 0.5) is 0 Å². The van der Waals surface area contributed by atoms with Gasteiger partial charge in [-0.1, -0.05) is 0 Å². The predicted octanol–water partition coefficient (Wildman–Crippen LogP) is 2.12. The summed E-state index contributed by atoms with van der Waals surface area (Å²) in [6.07, 6.45) is 1.62. The van der Waals surface area contributed by atoms with E-state index in [1.165, 1.54) is 0 Å². The number of hydrogen-bond acceptors (Lipinski definition) is 4. The molecule has 0 aliphatic carbocycles. The molecule has 0 atom stereocenters. The zero-order valence-electron chi connectivity index (χ0n) is 12.5. The van der Waals surface area contributed by atoms with Crippen molar-refractivity contribution >= 4 is 5.91 Å². The normalized spacial score (nSPS) is 16.9. The highest BCUT2D eigenvalue weighted by molar-refractivity contribution is 5.95. The average Bonchev–Trinajstić information content (AvgIpc) is 2.35. The smallest absolute Gasteiger partial charge is 0.276 e. The minimum Gasteiger partial charge on any atom is -0.489 e. The molecule has 5 heteroatoms. The molecule has 0 saturated carbocycles. The van der Waals surface area contributed by atoms with Crippen molar-refractivity contribution in [2.75, 3.05) is 19.7 Å². The van der Waals surface area contributed by atoms with Gasteiger partial charge in [0.05, 0.1) is 19.2 Å². The van der Waals surface area contributed by atoms with E-state index < -0.39 is 0 Å². The number of carbonyl (C=O) groups is 1. The molecule has 0 unspecified atom stereocenters. The van der Waals surface area contributed by atoms with Crippen LogP contribution in [0, 0.1) is 0 Å². The Morgan fingerprint density at radius 2 is 2.20 bits per heavy atom. The number of nitrogens with zero attached hydrogens (tertiary/aromatic N) is 2. The summed E-state index contributed by atoms with van der Waals surface area (Å²) < 4.78 is 11.3. The SMILES string of the molecule is CCOC1(C)CN(C(=O)c2ncccc2OC(C)C)C1. The van der Waals surface area contributed by atoms with Gasteiger partial charge in [0.15, 0.2) is 11.4 Å². The highest BCUT2D eigenvalue weighted by atomic mass is 16.5. The van der Waals surface area contributed by atoms with Gasteiger partial charge in [-0.25, -0.2) is 4.98 Å². The minimum atomic E-state index is -0.224. The molecule has 2 heterocycles. The van der Waals surface area contributed by atoms with Crippen LogP contribution in [0.3, 0.4) is 0 Å². The fourth-order valence-electron chi connectivity index (χ4n) is 2.39. The van der Waals surface area contributed by atoms with Gasteiger partial charge in [0.2, 0.25) is 0 Å². The molecule has 0 aromatic carbocycles. The fourth-order valence-corrected chi connectivity index (χ4v) is 2.39. The highest BCUT2D eigenvalue weighted by Gasteiger charge is 2.43. The zero-order chi connectivity index (χ0) is 14.8. The topological polar surface area (TPSA) is 51.7 Å².